The van der Waals surface area contributed by atoms with Gasteiger partial charge in [-0.3, -0.25) is 9.98 Å². The molecule has 3 heteroatoms. The van der Waals surface area contributed by atoms with Crippen molar-refractivity contribution in [2.75, 3.05) is 6.54 Å². The van der Waals surface area contributed by atoms with Crippen molar-refractivity contribution in [1.82, 2.24) is 9.55 Å². The number of nitrogens with zero attached hydrogens (tertiary/aromatic N) is 3. The van der Waals surface area contributed by atoms with E-state index in [0.29, 0.717) is 0 Å². The lowest BCUT2D eigenvalue weighted by molar-refractivity contribution is 0.818. The largest absolute Gasteiger partial charge is 0.357 e. The first-order valence-corrected chi connectivity index (χ1v) is 6.61. The minimum atomic E-state index is 0.913. The highest BCUT2D eigenvalue weighted by molar-refractivity contribution is 6.15. The van der Waals surface area contributed by atoms with Crippen LogP contribution in [0.1, 0.15) is 24.0 Å². The molecule has 0 aliphatic carbocycles. The van der Waals surface area contributed by atoms with Crippen molar-refractivity contribution < 1.29 is 0 Å². The second-order valence-electron chi connectivity index (χ2n) is 4.86. The van der Waals surface area contributed by atoms with Crippen LogP contribution in [0.4, 0.5) is 0 Å². The van der Waals surface area contributed by atoms with Crippen molar-refractivity contribution in [3.63, 3.8) is 0 Å². The molecule has 96 valence electrons. The molecule has 0 bridgehead atoms. The van der Waals surface area contributed by atoms with Crippen LogP contribution in [0.2, 0.25) is 0 Å². The lowest BCUT2D eigenvalue weighted by atomic mass is 9.95. The summed E-state index contributed by atoms with van der Waals surface area (Å²) >= 11 is 0. The Labute approximate surface area is 113 Å². The molecule has 0 atom stereocenters. The Morgan fingerprint density at radius 3 is 3.00 bits per heavy atom. The summed E-state index contributed by atoms with van der Waals surface area (Å²) in [6.45, 7) is 0.913. The Bertz CT molecular complexity index is 620. The Hall–Kier alpha value is -2.16. The van der Waals surface area contributed by atoms with Crippen molar-refractivity contribution in [3.05, 3.63) is 59.7 Å². The van der Waals surface area contributed by atoms with E-state index in [1.807, 2.05) is 19.3 Å². The van der Waals surface area contributed by atoms with Gasteiger partial charge in [-0.15, -0.1) is 0 Å². The minimum Gasteiger partial charge on any atom is -0.357 e. The van der Waals surface area contributed by atoms with Gasteiger partial charge in [-0.25, -0.2) is 0 Å². The highest BCUT2D eigenvalue weighted by Gasteiger charge is 2.14. The van der Waals surface area contributed by atoms with Crippen LogP contribution in [0.5, 0.6) is 0 Å². The molecule has 2 aromatic heterocycles. The van der Waals surface area contributed by atoms with E-state index < -0.39 is 0 Å². The first kappa shape index (κ1) is 11.9. The molecule has 0 fully saturated rings. The molecule has 19 heavy (non-hydrogen) atoms. The maximum atomic E-state index is 4.69. The van der Waals surface area contributed by atoms with Gasteiger partial charge in [0.25, 0.3) is 0 Å². The van der Waals surface area contributed by atoms with Crippen LogP contribution in [0, 0.1) is 0 Å². The van der Waals surface area contributed by atoms with Gasteiger partial charge in [-0.05, 0) is 48.3 Å². The molecule has 1 aliphatic rings. The van der Waals surface area contributed by atoms with E-state index >= 15 is 0 Å². The maximum Gasteiger partial charge on any atom is 0.0694 e. The summed E-state index contributed by atoms with van der Waals surface area (Å²) in [5, 5.41) is 0. The highest BCUT2D eigenvalue weighted by atomic mass is 14.9. The van der Waals surface area contributed by atoms with Crippen LogP contribution in [-0.4, -0.2) is 21.8 Å². The highest BCUT2D eigenvalue weighted by Crippen LogP contribution is 2.21. The number of hydrogen-bond acceptors (Lipinski definition) is 2. The van der Waals surface area contributed by atoms with Crippen LogP contribution < -0.4 is 0 Å². The van der Waals surface area contributed by atoms with Crippen LogP contribution in [0.25, 0.3) is 6.08 Å². The molecule has 0 spiro atoms. The Morgan fingerprint density at radius 1 is 1.32 bits per heavy atom. The molecule has 3 nitrogen and oxygen atoms in total. The van der Waals surface area contributed by atoms with Gasteiger partial charge in [0, 0.05) is 43.9 Å². The number of aliphatic imine (C=N–C) groups is 1. The average molecular weight is 251 g/mol. The predicted molar refractivity (Wildman–Crippen MR) is 78.3 cm³/mol. The van der Waals surface area contributed by atoms with E-state index in [9.17, 15) is 0 Å². The van der Waals surface area contributed by atoms with Crippen molar-refractivity contribution in [3.8, 4) is 0 Å². The molecule has 3 heterocycles. The summed E-state index contributed by atoms with van der Waals surface area (Å²) in [6, 6.07) is 6.17. The van der Waals surface area contributed by atoms with E-state index in [2.05, 4.69) is 45.1 Å². The molecule has 0 amide bonds. The second kappa shape index (κ2) is 5.22. The molecular formula is C16H17N3. The third-order valence-electron chi connectivity index (χ3n) is 3.31. The van der Waals surface area contributed by atoms with Gasteiger partial charge in [0.15, 0.2) is 0 Å². The van der Waals surface area contributed by atoms with E-state index in [1.54, 1.807) is 6.20 Å². The van der Waals surface area contributed by atoms with Gasteiger partial charge in [-0.1, -0.05) is 0 Å². The second-order valence-corrected chi connectivity index (χ2v) is 4.86. The summed E-state index contributed by atoms with van der Waals surface area (Å²) in [6.07, 6.45) is 12.3. The van der Waals surface area contributed by atoms with Crippen LogP contribution in [0.3, 0.4) is 0 Å². The molecule has 0 unspecified atom stereocenters. The standard InChI is InChI=1S/C16H17N3/c1-19-9-6-13(12-19)10-14-4-3-8-18-16(14)15-5-2-7-17-11-15/h2,5-7,9-12H,3-4,8H2,1H3. The van der Waals surface area contributed by atoms with Crippen molar-refractivity contribution in [2.45, 2.75) is 12.8 Å². The fourth-order valence-electron chi connectivity index (χ4n) is 2.41. The Balaban J connectivity index is 1.98. The SMILES string of the molecule is Cn1ccc(C=C2CCCN=C2c2cccnc2)c1. The molecule has 0 saturated heterocycles. The van der Waals surface area contributed by atoms with Gasteiger partial charge < -0.3 is 4.57 Å². The Morgan fingerprint density at radius 2 is 2.26 bits per heavy atom. The smallest absolute Gasteiger partial charge is 0.0694 e. The number of hydrogen-bond donors (Lipinski definition) is 0. The summed E-state index contributed by atoms with van der Waals surface area (Å²) in [4.78, 5) is 8.88. The quantitative estimate of drug-likeness (QED) is 0.806. The van der Waals surface area contributed by atoms with Crippen LogP contribution >= 0.6 is 0 Å². The van der Waals surface area contributed by atoms with Gasteiger partial charge in [0.1, 0.15) is 0 Å². The van der Waals surface area contributed by atoms with Crippen LogP contribution in [-0.2, 0) is 7.05 Å². The lowest BCUT2D eigenvalue weighted by Gasteiger charge is -2.16. The van der Waals surface area contributed by atoms with Crippen molar-refractivity contribution in [1.29, 1.82) is 0 Å². The summed E-state index contributed by atoms with van der Waals surface area (Å²) in [5.41, 5.74) is 4.76. The molecule has 0 saturated carbocycles. The van der Waals surface area contributed by atoms with E-state index in [1.165, 1.54) is 11.1 Å². The fourth-order valence-corrected chi connectivity index (χ4v) is 2.41. The predicted octanol–water partition coefficient (Wildman–Crippen LogP) is 3.09. The topological polar surface area (TPSA) is 30.2 Å². The van der Waals surface area contributed by atoms with E-state index in [0.717, 1.165) is 30.7 Å². The summed E-state index contributed by atoms with van der Waals surface area (Å²) < 4.78 is 2.07. The molecule has 2 aromatic rings. The van der Waals surface area contributed by atoms with Gasteiger partial charge in [-0.2, -0.15) is 0 Å². The fraction of sp³-hybridized carbons (Fsp3) is 0.250. The molecular weight excluding hydrogens is 234 g/mol. The molecule has 3 rings (SSSR count). The average Bonchev–Trinajstić information content (AvgIpc) is 2.86. The zero-order valence-electron chi connectivity index (χ0n) is 11.1. The normalized spacial score (nSPS) is 17.5. The molecule has 1 aliphatic heterocycles. The molecule has 0 radical (unpaired) electrons. The van der Waals surface area contributed by atoms with Gasteiger partial charge in [0.05, 0.1) is 5.71 Å². The monoisotopic (exact) mass is 251 g/mol. The minimum absolute atomic E-state index is 0.913. The zero-order chi connectivity index (χ0) is 13.1. The number of aryl methyl sites for hydroxylation is 1. The Kier molecular flexibility index (Phi) is 3.27. The molecule has 0 N–H and O–H groups in total. The van der Waals surface area contributed by atoms with E-state index in [4.69, 9.17) is 0 Å². The van der Waals surface area contributed by atoms with Crippen molar-refractivity contribution >= 4 is 11.8 Å². The van der Waals surface area contributed by atoms with Gasteiger partial charge in [0.2, 0.25) is 0 Å². The zero-order valence-corrected chi connectivity index (χ0v) is 11.1. The molecule has 0 aromatic carbocycles. The van der Waals surface area contributed by atoms with Crippen LogP contribution in [0.15, 0.2) is 53.6 Å². The van der Waals surface area contributed by atoms with Gasteiger partial charge >= 0.3 is 0 Å². The number of aromatic nitrogens is 2. The van der Waals surface area contributed by atoms with Crippen molar-refractivity contribution in [2.24, 2.45) is 12.0 Å². The third kappa shape index (κ3) is 2.65. The number of rotatable bonds is 2. The number of pyridine rings is 1. The third-order valence-corrected chi connectivity index (χ3v) is 3.31. The summed E-state index contributed by atoms with van der Waals surface area (Å²) in [5.74, 6) is 0. The first-order chi connectivity index (χ1) is 9.33. The number of allylic oxidation sites excluding steroid dienone is 1. The lowest BCUT2D eigenvalue weighted by Crippen LogP contribution is -2.11. The summed E-state index contributed by atoms with van der Waals surface area (Å²) in [7, 11) is 2.04. The van der Waals surface area contributed by atoms with E-state index in [-0.39, 0.29) is 0 Å². The maximum absolute atomic E-state index is 4.69. The first-order valence-electron chi connectivity index (χ1n) is 6.61.